The number of carbonyl (C=O) groups excluding carboxylic acids is 1. The molecule has 0 aliphatic carbocycles. The van der Waals surface area contributed by atoms with Gasteiger partial charge in [-0.2, -0.15) is 0 Å². The molecule has 3 nitrogen and oxygen atoms in total. The van der Waals surface area contributed by atoms with E-state index in [0.29, 0.717) is 17.1 Å². The topological polar surface area (TPSA) is 46.3 Å². The molecule has 1 aliphatic heterocycles. The van der Waals surface area contributed by atoms with Crippen LogP contribution in [0.25, 0.3) is 0 Å². The minimum Gasteiger partial charge on any atom is -0.338 e. The van der Waals surface area contributed by atoms with Crippen molar-refractivity contribution < 1.29 is 4.79 Å². The van der Waals surface area contributed by atoms with Crippen LogP contribution in [0, 0.1) is 5.41 Å². The second-order valence-corrected chi connectivity index (χ2v) is 6.38. The molecule has 0 spiro atoms. The van der Waals surface area contributed by atoms with E-state index < -0.39 is 0 Å². The molecule has 0 saturated carbocycles. The summed E-state index contributed by atoms with van der Waals surface area (Å²) in [5, 5.41) is 0.611. The molecule has 1 fully saturated rings. The average molecular weight is 332 g/mol. The maximum atomic E-state index is 12.3. The highest BCUT2D eigenvalue weighted by Gasteiger charge is 2.35. The summed E-state index contributed by atoms with van der Waals surface area (Å²) in [6.07, 6.45) is 0.962. The number of carbonyl (C=O) groups is 1. The van der Waals surface area contributed by atoms with Crippen molar-refractivity contribution in [2.24, 2.45) is 11.1 Å². The SMILES string of the molecule is CC1(CN)CCN(C(=O)c2ccc(Cl)c(Br)c2)C1. The van der Waals surface area contributed by atoms with Crippen LogP contribution in [0.3, 0.4) is 0 Å². The number of benzene rings is 1. The van der Waals surface area contributed by atoms with E-state index >= 15 is 0 Å². The maximum absolute atomic E-state index is 12.3. The Balaban J connectivity index is 2.15. The van der Waals surface area contributed by atoms with Crippen LogP contribution in [-0.4, -0.2) is 30.4 Å². The van der Waals surface area contributed by atoms with Crippen LogP contribution >= 0.6 is 27.5 Å². The number of hydrogen-bond donors (Lipinski definition) is 1. The number of rotatable bonds is 2. The molecule has 0 radical (unpaired) electrons. The number of amides is 1. The minimum absolute atomic E-state index is 0.0459. The smallest absolute Gasteiger partial charge is 0.253 e. The standard InChI is InChI=1S/C13H16BrClN2O/c1-13(7-16)4-5-17(8-13)12(18)9-2-3-11(15)10(14)6-9/h2-3,6H,4-5,7-8,16H2,1H3. The van der Waals surface area contributed by atoms with Crippen LogP contribution in [0.1, 0.15) is 23.7 Å². The maximum Gasteiger partial charge on any atom is 0.253 e. The summed E-state index contributed by atoms with van der Waals surface area (Å²) >= 11 is 9.26. The van der Waals surface area contributed by atoms with E-state index in [2.05, 4.69) is 22.9 Å². The molecule has 2 rings (SSSR count). The summed E-state index contributed by atoms with van der Waals surface area (Å²) in [7, 11) is 0. The van der Waals surface area contributed by atoms with Gasteiger partial charge in [-0.1, -0.05) is 18.5 Å². The predicted octanol–water partition coefficient (Wildman–Crippen LogP) is 2.91. The Morgan fingerprint density at radius 1 is 1.61 bits per heavy atom. The Morgan fingerprint density at radius 2 is 2.33 bits per heavy atom. The van der Waals surface area contributed by atoms with Gasteiger partial charge >= 0.3 is 0 Å². The van der Waals surface area contributed by atoms with E-state index in [1.54, 1.807) is 18.2 Å². The molecule has 1 heterocycles. The molecule has 5 heteroatoms. The summed E-state index contributed by atoms with van der Waals surface area (Å²) in [6.45, 7) is 4.23. The van der Waals surface area contributed by atoms with Crippen molar-refractivity contribution in [2.45, 2.75) is 13.3 Å². The van der Waals surface area contributed by atoms with Gasteiger partial charge in [0.25, 0.3) is 5.91 Å². The number of halogens is 2. The normalized spacial score (nSPS) is 23.4. The van der Waals surface area contributed by atoms with Crippen molar-refractivity contribution in [2.75, 3.05) is 19.6 Å². The highest BCUT2D eigenvalue weighted by Crippen LogP contribution is 2.30. The van der Waals surface area contributed by atoms with Crippen molar-refractivity contribution >= 4 is 33.4 Å². The van der Waals surface area contributed by atoms with Crippen LogP contribution in [0.2, 0.25) is 5.02 Å². The monoisotopic (exact) mass is 330 g/mol. The second kappa shape index (κ2) is 5.19. The summed E-state index contributed by atoms with van der Waals surface area (Å²) < 4.78 is 0.746. The fourth-order valence-corrected chi connectivity index (χ4v) is 2.67. The van der Waals surface area contributed by atoms with Gasteiger partial charge in [0.05, 0.1) is 5.02 Å². The Kier molecular flexibility index (Phi) is 3.99. The molecule has 1 aliphatic rings. The van der Waals surface area contributed by atoms with Gasteiger partial charge in [0.1, 0.15) is 0 Å². The fourth-order valence-electron chi connectivity index (χ4n) is 2.18. The minimum atomic E-state index is 0.0459. The average Bonchev–Trinajstić information content (AvgIpc) is 2.75. The first-order valence-corrected chi connectivity index (χ1v) is 7.07. The van der Waals surface area contributed by atoms with E-state index in [0.717, 1.165) is 24.0 Å². The van der Waals surface area contributed by atoms with Gasteiger partial charge in [-0.05, 0) is 52.5 Å². The highest BCUT2D eigenvalue weighted by atomic mass is 79.9. The predicted molar refractivity (Wildman–Crippen MR) is 76.8 cm³/mol. The first-order valence-electron chi connectivity index (χ1n) is 5.90. The third kappa shape index (κ3) is 2.71. The quantitative estimate of drug-likeness (QED) is 0.905. The lowest BCUT2D eigenvalue weighted by molar-refractivity contribution is 0.0777. The number of hydrogen-bond acceptors (Lipinski definition) is 2. The molecule has 18 heavy (non-hydrogen) atoms. The summed E-state index contributed by atoms with van der Waals surface area (Å²) in [6, 6.07) is 5.26. The van der Waals surface area contributed by atoms with E-state index in [-0.39, 0.29) is 11.3 Å². The molecule has 1 aromatic carbocycles. The van der Waals surface area contributed by atoms with Crippen LogP contribution in [-0.2, 0) is 0 Å². The lowest BCUT2D eigenvalue weighted by Gasteiger charge is -2.22. The van der Waals surface area contributed by atoms with Crippen molar-refractivity contribution in [3.05, 3.63) is 33.3 Å². The van der Waals surface area contributed by atoms with Crippen LogP contribution in [0.15, 0.2) is 22.7 Å². The molecule has 1 saturated heterocycles. The lowest BCUT2D eigenvalue weighted by Crippen LogP contribution is -2.34. The Labute approximate surface area is 120 Å². The molecule has 1 amide bonds. The zero-order valence-electron chi connectivity index (χ0n) is 10.2. The first kappa shape index (κ1) is 13.8. The summed E-state index contributed by atoms with van der Waals surface area (Å²) in [5.74, 6) is 0.0459. The number of likely N-dealkylation sites (tertiary alicyclic amines) is 1. The van der Waals surface area contributed by atoms with Crippen molar-refractivity contribution in [3.8, 4) is 0 Å². The fraction of sp³-hybridized carbons (Fsp3) is 0.462. The van der Waals surface area contributed by atoms with Crippen molar-refractivity contribution in [1.82, 2.24) is 4.90 Å². The third-order valence-electron chi connectivity index (χ3n) is 3.50. The van der Waals surface area contributed by atoms with E-state index in [1.807, 2.05) is 4.90 Å². The van der Waals surface area contributed by atoms with Crippen LogP contribution in [0.4, 0.5) is 0 Å². The second-order valence-electron chi connectivity index (χ2n) is 5.12. The largest absolute Gasteiger partial charge is 0.338 e. The zero-order chi connectivity index (χ0) is 13.3. The molecular formula is C13H16BrClN2O. The van der Waals surface area contributed by atoms with Gasteiger partial charge in [-0.15, -0.1) is 0 Å². The van der Waals surface area contributed by atoms with Crippen LogP contribution in [0.5, 0.6) is 0 Å². The Bertz CT molecular complexity index is 480. The number of nitrogens with two attached hydrogens (primary N) is 1. The van der Waals surface area contributed by atoms with Crippen LogP contribution < -0.4 is 5.73 Å². The van der Waals surface area contributed by atoms with Gasteiger partial charge in [0.2, 0.25) is 0 Å². The highest BCUT2D eigenvalue weighted by molar-refractivity contribution is 9.10. The molecule has 1 unspecified atom stereocenters. The van der Waals surface area contributed by atoms with Gasteiger partial charge in [-0.25, -0.2) is 0 Å². The van der Waals surface area contributed by atoms with Gasteiger partial charge in [-0.3, -0.25) is 4.79 Å². The Hall–Kier alpha value is -0.580. The molecule has 0 aromatic heterocycles. The summed E-state index contributed by atoms with van der Waals surface area (Å²) in [4.78, 5) is 14.2. The van der Waals surface area contributed by atoms with Crippen molar-refractivity contribution in [1.29, 1.82) is 0 Å². The van der Waals surface area contributed by atoms with Gasteiger partial charge in [0.15, 0.2) is 0 Å². The summed E-state index contributed by atoms with van der Waals surface area (Å²) in [5.41, 5.74) is 6.46. The molecule has 0 bridgehead atoms. The number of nitrogens with zero attached hydrogens (tertiary/aromatic N) is 1. The molecule has 1 atom stereocenters. The molecular weight excluding hydrogens is 316 g/mol. The molecule has 1 aromatic rings. The van der Waals surface area contributed by atoms with Crippen molar-refractivity contribution in [3.63, 3.8) is 0 Å². The van der Waals surface area contributed by atoms with E-state index in [4.69, 9.17) is 17.3 Å². The van der Waals surface area contributed by atoms with E-state index in [9.17, 15) is 4.79 Å². The van der Waals surface area contributed by atoms with E-state index in [1.165, 1.54) is 0 Å². The van der Waals surface area contributed by atoms with Gasteiger partial charge < -0.3 is 10.6 Å². The van der Waals surface area contributed by atoms with Gasteiger partial charge in [0, 0.05) is 23.1 Å². The molecule has 2 N–H and O–H groups in total. The first-order chi connectivity index (χ1) is 8.45. The third-order valence-corrected chi connectivity index (χ3v) is 4.72. The zero-order valence-corrected chi connectivity index (χ0v) is 12.6. The lowest BCUT2D eigenvalue weighted by atomic mass is 9.90. The Morgan fingerprint density at radius 3 is 2.89 bits per heavy atom. The molecule has 98 valence electrons.